The predicted octanol–water partition coefficient (Wildman–Crippen LogP) is 2.96. The van der Waals surface area contributed by atoms with Crippen molar-refractivity contribution in [1.82, 2.24) is 5.32 Å². The first-order valence-electron chi connectivity index (χ1n) is 6.35. The Morgan fingerprint density at radius 1 is 1.16 bits per heavy atom. The van der Waals surface area contributed by atoms with Crippen molar-refractivity contribution >= 4 is 0 Å². The van der Waals surface area contributed by atoms with Crippen molar-refractivity contribution in [1.29, 1.82) is 0 Å². The molecule has 2 rings (SSSR count). The highest BCUT2D eigenvalue weighted by Gasteiger charge is 2.09. The van der Waals surface area contributed by atoms with Crippen LogP contribution in [0.2, 0.25) is 0 Å². The van der Waals surface area contributed by atoms with Gasteiger partial charge in [0.05, 0.1) is 12.6 Å². The fourth-order valence-corrected chi connectivity index (χ4v) is 2.06. The normalized spacial score (nSPS) is 12.4. The molecule has 0 radical (unpaired) electrons. The zero-order valence-electron chi connectivity index (χ0n) is 10.9. The minimum atomic E-state index is -0.219. The summed E-state index contributed by atoms with van der Waals surface area (Å²) in [6.45, 7) is 2.52. The second-order valence-corrected chi connectivity index (χ2v) is 4.60. The molecule has 0 saturated carbocycles. The van der Waals surface area contributed by atoms with Gasteiger partial charge in [-0.05, 0) is 35.7 Å². The molecule has 0 aliphatic carbocycles. The van der Waals surface area contributed by atoms with E-state index in [4.69, 9.17) is 0 Å². The van der Waals surface area contributed by atoms with Crippen LogP contribution in [0.25, 0.3) is 0 Å². The van der Waals surface area contributed by atoms with Gasteiger partial charge in [-0.2, -0.15) is 0 Å². The number of aliphatic hydroxyl groups is 1. The molecular weight excluding hydrogens is 241 g/mol. The second-order valence-electron chi connectivity index (χ2n) is 4.60. The molecule has 1 atom stereocenters. The molecule has 2 aromatic rings. The van der Waals surface area contributed by atoms with Gasteiger partial charge in [-0.1, -0.05) is 36.4 Å². The summed E-state index contributed by atoms with van der Waals surface area (Å²) >= 11 is 0. The van der Waals surface area contributed by atoms with E-state index in [1.807, 2.05) is 37.3 Å². The summed E-state index contributed by atoms with van der Waals surface area (Å²) in [5, 5.41) is 12.7. The first-order valence-corrected chi connectivity index (χ1v) is 6.35. The number of nitrogens with one attached hydrogen (secondary N) is 1. The van der Waals surface area contributed by atoms with Gasteiger partial charge >= 0.3 is 0 Å². The molecule has 0 aliphatic heterocycles. The minimum absolute atomic E-state index is 0.0320. The molecule has 2 aromatic carbocycles. The van der Waals surface area contributed by atoms with E-state index in [0.29, 0.717) is 6.54 Å². The Hall–Kier alpha value is -1.71. The number of hydrogen-bond donors (Lipinski definition) is 2. The Labute approximate surface area is 112 Å². The maximum atomic E-state index is 13.0. The van der Waals surface area contributed by atoms with Gasteiger partial charge in [-0.15, -0.1) is 0 Å². The van der Waals surface area contributed by atoms with Crippen LogP contribution >= 0.6 is 0 Å². The maximum Gasteiger partial charge on any atom is 0.123 e. The van der Waals surface area contributed by atoms with Gasteiger partial charge in [-0.3, -0.25) is 0 Å². The first-order chi connectivity index (χ1) is 9.20. The van der Waals surface area contributed by atoms with E-state index in [-0.39, 0.29) is 18.5 Å². The molecule has 1 unspecified atom stereocenters. The van der Waals surface area contributed by atoms with Gasteiger partial charge in [0.2, 0.25) is 0 Å². The number of aliphatic hydroxyl groups excluding tert-OH is 1. The Morgan fingerprint density at radius 2 is 1.89 bits per heavy atom. The van der Waals surface area contributed by atoms with Crippen molar-refractivity contribution in [2.24, 2.45) is 0 Å². The van der Waals surface area contributed by atoms with Crippen molar-refractivity contribution in [2.75, 3.05) is 6.61 Å². The second kappa shape index (κ2) is 6.45. The quantitative estimate of drug-likeness (QED) is 0.865. The van der Waals surface area contributed by atoms with Crippen molar-refractivity contribution < 1.29 is 9.50 Å². The summed E-state index contributed by atoms with van der Waals surface area (Å²) in [6.07, 6.45) is 0. The highest BCUT2D eigenvalue weighted by molar-refractivity contribution is 5.27. The van der Waals surface area contributed by atoms with Gasteiger partial charge in [0.25, 0.3) is 0 Å². The molecule has 0 aliphatic rings. The van der Waals surface area contributed by atoms with Crippen molar-refractivity contribution in [2.45, 2.75) is 19.5 Å². The maximum absolute atomic E-state index is 13.0. The molecular formula is C16H18FNO. The highest BCUT2D eigenvalue weighted by Crippen LogP contribution is 2.15. The SMILES string of the molecule is Cc1cc(F)ccc1CNC(CO)c1ccccc1. The third kappa shape index (κ3) is 3.63. The molecule has 0 fully saturated rings. The summed E-state index contributed by atoms with van der Waals surface area (Å²) in [7, 11) is 0. The Bertz CT molecular complexity index is 528. The minimum Gasteiger partial charge on any atom is -0.394 e. The number of aryl methyl sites for hydroxylation is 1. The molecule has 100 valence electrons. The lowest BCUT2D eigenvalue weighted by molar-refractivity contribution is 0.243. The van der Waals surface area contributed by atoms with Crippen LogP contribution in [0, 0.1) is 12.7 Å². The van der Waals surface area contributed by atoms with Crippen LogP contribution in [0.3, 0.4) is 0 Å². The molecule has 0 heterocycles. The summed E-state index contributed by atoms with van der Waals surface area (Å²) in [4.78, 5) is 0. The molecule has 0 spiro atoms. The van der Waals surface area contributed by atoms with Crippen LogP contribution in [-0.4, -0.2) is 11.7 Å². The monoisotopic (exact) mass is 259 g/mol. The van der Waals surface area contributed by atoms with Gasteiger partial charge in [0.1, 0.15) is 5.82 Å². The molecule has 2 nitrogen and oxygen atoms in total. The van der Waals surface area contributed by atoms with E-state index in [9.17, 15) is 9.50 Å². The fourth-order valence-electron chi connectivity index (χ4n) is 2.06. The molecule has 3 heteroatoms. The number of benzene rings is 2. The van der Waals surface area contributed by atoms with Gasteiger partial charge in [-0.25, -0.2) is 4.39 Å². The van der Waals surface area contributed by atoms with Crippen LogP contribution in [0.1, 0.15) is 22.7 Å². The van der Waals surface area contributed by atoms with E-state index >= 15 is 0 Å². The van der Waals surface area contributed by atoms with E-state index < -0.39 is 0 Å². The first kappa shape index (κ1) is 13.7. The van der Waals surface area contributed by atoms with Crippen LogP contribution in [-0.2, 0) is 6.54 Å². The van der Waals surface area contributed by atoms with Crippen LogP contribution < -0.4 is 5.32 Å². The summed E-state index contributed by atoms with van der Waals surface area (Å²) in [5.74, 6) is -0.219. The number of halogens is 1. The predicted molar refractivity (Wildman–Crippen MR) is 74.2 cm³/mol. The van der Waals surface area contributed by atoms with E-state index in [0.717, 1.165) is 16.7 Å². The van der Waals surface area contributed by atoms with Crippen molar-refractivity contribution in [3.63, 3.8) is 0 Å². The largest absolute Gasteiger partial charge is 0.394 e. The number of rotatable bonds is 5. The third-order valence-corrected chi connectivity index (χ3v) is 3.23. The lowest BCUT2D eigenvalue weighted by atomic mass is 10.1. The zero-order valence-corrected chi connectivity index (χ0v) is 10.9. The van der Waals surface area contributed by atoms with E-state index in [2.05, 4.69) is 5.32 Å². The Kier molecular flexibility index (Phi) is 4.66. The van der Waals surface area contributed by atoms with Gasteiger partial charge < -0.3 is 10.4 Å². The molecule has 2 N–H and O–H groups in total. The number of hydrogen-bond acceptors (Lipinski definition) is 2. The Balaban J connectivity index is 2.04. The average Bonchev–Trinajstić information content (AvgIpc) is 2.43. The van der Waals surface area contributed by atoms with Gasteiger partial charge in [0, 0.05) is 6.54 Å². The zero-order chi connectivity index (χ0) is 13.7. The molecule has 0 aromatic heterocycles. The molecule has 19 heavy (non-hydrogen) atoms. The van der Waals surface area contributed by atoms with Crippen LogP contribution in [0.15, 0.2) is 48.5 Å². The van der Waals surface area contributed by atoms with E-state index in [1.165, 1.54) is 12.1 Å². The Morgan fingerprint density at radius 3 is 2.53 bits per heavy atom. The lowest BCUT2D eigenvalue weighted by Crippen LogP contribution is -2.24. The summed E-state index contributed by atoms with van der Waals surface area (Å²) in [6, 6.07) is 14.4. The summed E-state index contributed by atoms with van der Waals surface area (Å²) < 4.78 is 13.0. The highest BCUT2D eigenvalue weighted by atomic mass is 19.1. The van der Waals surface area contributed by atoms with Crippen molar-refractivity contribution in [3.8, 4) is 0 Å². The van der Waals surface area contributed by atoms with Crippen molar-refractivity contribution in [3.05, 3.63) is 71.0 Å². The molecule has 0 amide bonds. The van der Waals surface area contributed by atoms with Crippen LogP contribution in [0.4, 0.5) is 4.39 Å². The van der Waals surface area contributed by atoms with Gasteiger partial charge in [0.15, 0.2) is 0 Å². The smallest absolute Gasteiger partial charge is 0.123 e. The van der Waals surface area contributed by atoms with E-state index in [1.54, 1.807) is 6.07 Å². The standard InChI is InChI=1S/C16H18FNO/c1-12-9-15(17)8-7-14(12)10-18-16(11-19)13-5-3-2-4-6-13/h2-9,16,18-19H,10-11H2,1H3. The van der Waals surface area contributed by atoms with Crippen LogP contribution in [0.5, 0.6) is 0 Å². The average molecular weight is 259 g/mol. The summed E-state index contributed by atoms with van der Waals surface area (Å²) in [5.41, 5.74) is 3.00. The fraction of sp³-hybridized carbons (Fsp3) is 0.250. The molecule has 0 bridgehead atoms. The molecule has 0 saturated heterocycles. The topological polar surface area (TPSA) is 32.3 Å². The lowest BCUT2D eigenvalue weighted by Gasteiger charge is -2.17. The third-order valence-electron chi connectivity index (χ3n) is 3.23.